The molecule has 0 N–H and O–H groups in total. The summed E-state index contributed by atoms with van der Waals surface area (Å²) in [5.74, 6) is 2.14. The monoisotopic (exact) mass is 429 g/mol. The maximum absolute atomic E-state index is 12.8. The molecule has 0 aliphatic carbocycles. The van der Waals surface area contributed by atoms with Crippen LogP contribution in [0.5, 0.6) is 0 Å². The first-order valence-corrected chi connectivity index (χ1v) is 10.6. The van der Waals surface area contributed by atoms with E-state index in [9.17, 15) is 18.5 Å². The largest absolute Gasteiger partial charge is 0.352 e. The number of piperazine rings is 1. The highest BCUT2D eigenvalue weighted by Gasteiger charge is 2.29. The minimum absolute atomic E-state index is 0.0430. The lowest BCUT2D eigenvalue weighted by atomic mass is 10.3. The Kier molecular flexibility index (Phi) is 5.18. The highest BCUT2D eigenvalue weighted by Crippen LogP contribution is 2.22. The molecule has 1 aliphatic heterocycles. The van der Waals surface area contributed by atoms with Gasteiger partial charge in [0, 0.05) is 50.7 Å². The lowest BCUT2D eigenvalue weighted by molar-refractivity contribution is -0.384. The summed E-state index contributed by atoms with van der Waals surface area (Å²) in [6, 6.07) is 8.62. The summed E-state index contributed by atoms with van der Waals surface area (Å²) in [7, 11) is -3.71. The number of hydrogen-bond donors (Lipinski definition) is 0. The number of non-ortho nitro benzene ring substituents is 1. The first kappa shape index (κ1) is 19.9. The fourth-order valence-electron chi connectivity index (χ4n) is 3.28. The number of nitrogens with zero attached hydrogens (tertiary/aromatic N) is 7. The van der Waals surface area contributed by atoms with Crippen molar-refractivity contribution < 1.29 is 13.3 Å². The molecular formula is C18H19N7O4S. The van der Waals surface area contributed by atoms with Crippen molar-refractivity contribution in [3.05, 3.63) is 64.7 Å². The van der Waals surface area contributed by atoms with Crippen LogP contribution in [0.25, 0.3) is 5.82 Å². The number of hydrogen-bond acceptors (Lipinski definition) is 8. The first-order chi connectivity index (χ1) is 14.4. The van der Waals surface area contributed by atoms with Crippen molar-refractivity contribution in [1.82, 2.24) is 24.1 Å². The molecule has 3 aromatic rings. The summed E-state index contributed by atoms with van der Waals surface area (Å²) < 4.78 is 28.8. The van der Waals surface area contributed by atoms with Gasteiger partial charge < -0.3 is 4.90 Å². The molecule has 0 atom stereocenters. The Morgan fingerprint density at radius 3 is 2.13 bits per heavy atom. The average molecular weight is 429 g/mol. The molecule has 2 aromatic heterocycles. The van der Waals surface area contributed by atoms with Crippen molar-refractivity contribution in [2.24, 2.45) is 0 Å². The highest BCUT2D eigenvalue weighted by molar-refractivity contribution is 7.89. The van der Waals surface area contributed by atoms with E-state index >= 15 is 0 Å². The molecule has 0 unspecified atom stereocenters. The Morgan fingerprint density at radius 2 is 1.60 bits per heavy atom. The number of imidazole rings is 1. The molecule has 30 heavy (non-hydrogen) atoms. The molecule has 0 saturated carbocycles. The summed E-state index contributed by atoms with van der Waals surface area (Å²) in [4.78, 5) is 16.4. The molecule has 0 spiro atoms. The second-order valence-corrected chi connectivity index (χ2v) is 8.67. The van der Waals surface area contributed by atoms with Crippen LogP contribution < -0.4 is 4.90 Å². The number of aromatic nitrogens is 4. The lowest BCUT2D eigenvalue weighted by Crippen LogP contribution is -2.49. The van der Waals surface area contributed by atoms with Gasteiger partial charge in [-0.15, -0.1) is 10.2 Å². The molecule has 4 rings (SSSR count). The molecule has 1 saturated heterocycles. The van der Waals surface area contributed by atoms with E-state index in [1.165, 1.54) is 28.6 Å². The summed E-state index contributed by atoms with van der Waals surface area (Å²) in [5.41, 5.74) is -0.147. The second-order valence-electron chi connectivity index (χ2n) is 6.74. The van der Waals surface area contributed by atoms with Crippen molar-refractivity contribution in [2.75, 3.05) is 31.1 Å². The van der Waals surface area contributed by atoms with E-state index in [4.69, 9.17) is 0 Å². The fraction of sp³-hybridized carbons (Fsp3) is 0.278. The summed E-state index contributed by atoms with van der Waals surface area (Å²) >= 11 is 0. The van der Waals surface area contributed by atoms with Gasteiger partial charge in [-0.1, -0.05) is 0 Å². The smallest absolute Gasteiger partial charge is 0.269 e. The normalized spacial score (nSPS) is 15.3. The number of aryl methyl sites for hydroxylation is 1. The Bertz CT molecular complexity index is 1150. The molecule has 1 aromatic carbocycles. The quantitative estimate of drug-likeness (QED) is 0.440. The van der Waals surface area contributed by atoms with Crippen LogP contribution in [0.2, 0.25) is 0 Å². The van der Waals surface area contributed by atoms with E-state index in [-0.39, 0.29) is 23.7 Å². The van der Waals surface area contributed by atoms with Crippen molar-refractivity contribution in [3.8, 4) is 5.82 Å². The zero-order valence-electron chi connectivity index (χ0n) is 16.1. The molecule has 0 radical (unpaired) electrons. The average Bonchev–Trinajstić information content (AvgIpc) is 3.20. The van der Waals surface area contributed by atoms with Crippen LogP contribution in [0, 0.1) is 17.0 Å². The van der Waals surface area contributed by atoms with Gasteiger partial charge in [-0.3, -0.25) is 14.7 Å². The zero-order valence-corrected chi connectivity index (χ0v) is 16.9. The molecule has 1 fully saturated rings. The number of rotatable bonds is 5. The second kappa shape index (κ2) is 7.80. The zero-order chi connectivity index (χ0) is 21.3. The molecular weight excluding hydrogens is 410 g/mol. The minimum atomic E-state index is -3.71. The molecule has 11 nitrogen and oxygen atoms in total. The number of benzene rings is 1. The highest BCUT2D eigenvalue weighted by atomic mass is 32.2. The van der Waals surface area contributed by atoms with Gasteiger partial charge >= 0.3 is 0 Å². The van der Waals surface area contributed by atoms with Gasteiger partial charge in [0.2, 0.25) is 10.0 Å². The standard InChI is InChI=1S/C18H19N7O4S/c1-14-19-8-9-24(14)18-7-6-17(20-21-18)22-10-12-23(13-11-22)30(28,29)16-4-2-15(3-5-16)25(26)27/h2-9H,10-13H2,1H3. The molecule has 3 heterocycles. The molecule has 0 amide bonds. The topological polar surface area (TPSA) is 127 Å². The SMILES string of the molecule is Cc1nccn1-c1ccc(N2CCN(S(=O)(=O)c3ccc([N+](=O)[O-])cc3)CC2)nn1. The predicted molar refractivity (Wildman–Crippen MR) is 108 cm³/mol. The van der Waals surface area contributed by atoms with Crippen LogP contribution in [0.3, 0.4) is 0 Å². The van der Waals surface area contributed by atoms with Gasteiger partial charge in [0.25, 0.3) is 5.69 Å². The van der Waals surface area contributed by atoms with Gasteiger partial charge in [0.05, 0.1) is 9.82 Å². The van der Waals surface area contributed by atoms with Crippen LogP contribution in [0.1, 0.15) is 5.82 Å². The summed E-state index contributed by atoms with van der Waals surface area (Å²) in [6.45, 7) is 3.36. The number of nitro groups is 1. The van der Waals surface area contributed by atoms with Crippen molar-refractivity contribution in [3.63, 3.8) is 0 Å². The van der Waals surface area contributed by atoms with E-state index < -0.39 is 14.9 Å². The van der Waals surface area contributed by atoms with E-state index in [0.29, 0.717) is 24.7 Å². The number of anilines is 1. The first-order valence-electron chi connectivity index (χ1n) is 9.20. The van der Waals surface area contributed by atoms with Crippen LogP contribution in [0.15, 0.2) is 53.7 Å². The van der Waals surface area contributed by atoms with Gasteiger partial charge in [-0.25, -0.2) is 13.4 Å². The van der Waals surface area contributed by atoms with Crippen molar-refractivity contribution in [2.45, 2.75) is 11.8 Å². The van der Waals surface area contributed by atoms with Crippen LogP contribution in [0.4, 0.5) is 11.5 Å². The summed E-state index contributed by atoms with van der Waals surface area (Å²) in [6.07, 6.45) is 3.50. The third-order valence-corrected chi connectivity index (χ3v) is 6.87. The fourth-order valence-corrected chi connectivity index (χ4v) is 4.70. The Hall–Kier alpha value is -3.38. The van der Waals surface area contributed by atoms with Crippen LogP contribution in [-0.2, 0) is 10.0 Å². The van der Waals surface area contributed by atoms with Gasteiger partial charge in [0.1, 0.15) is 5.82 Å². The summed E-state index contributed by atoms with van der Waals surface area (Å²) in [5, 5.41) is 19.3. The molecule has 0 bridgehead atoms. The minimum Gasteiger partial charge on any atom is -0.352 e. The number of nitro benzene ring substituents is 1. The Labute approximate surface area is 172 Å². The molecule has 156 valence electrons. The maximum atomic E-state index is 12.8. The van der Waals surface area contributed by atoms with Gasteiger partial charge in [-0.2, -0.15) is 4.31 Å². The van der Waals surface area contributed by atoms with Gasteiger partial charge in [-0.05, 0) is 31.2 Å². The molecule has 1 aliphatic rings. The van der Waals surface area contributed by atoms with E-state index in [0.717, 1.165) is 5.82 Å². The molecule has 12 heteroatoms. The van der Waals surface area contributed by atoms with Crippen LogP contribution in [-0.4, -0.2) is 63.6 Å². The van der Waals surface area contributed by atoms with Crippen LogP contribution >= 0.6 is 0 Å². The Balaban J connectivity index is 1.43. The lowest BCUT2D eigenvalue weighted by Gasteiger charge is -2.34. The van der Waals surface area contributed by atoms with E-state index in [1.54, 1.807) is 12.4 Å². The third-order valence-electron chi connectivity index (χ3n) is 4.96. The van der Waals surface area contributed by atoms with Crippen molar-refractivity contribution in [1.29, 1.82) is 0 Å². The number of sulfonamides is 1. The maximum Gasteiger partial charge on any atom is 0.269 e. The predicted octanol–water partition coefficient (Wildman–Crippen LogP) is 1.39. The van der Waals surface area contributed by atoms with Crippen molar-refractivity contribution >= 4 is 21.5 Å². The van der Waals surface area contributed by atoms with E-state index in [2.05, 4.69) is 15.2 Å². The van der Waals surface area contributed by atoms with E-state index in [1.807, 2.05) is 28.5 Å². The third kappa shape index (κ3) is 3.74. The van der Waals surface area contributed by atoms with Gasteiger partial charge in [0.15, 0.2) is 11.6 Å². The Morgan fingerprint density at radius 1 is 0.967 bits per heavy atom.